The average molecular weight is 350 g/mol. The molecular formula is C17H20BrNO2. The minimum Gasteiger partial charge on any atom is -0.493 e. The molecule has 3 nitrogen and oxygen atoms in total. The zero-order valence-corrected chi connectivity index (χ0v) is 13.5. The number of rotatable bonds is 8. The second kappa shape index (κ2) is 8.70. The van der Waals surface area contributed by atoms with Gasteiger partial charge in [-0.3, -0.25) is 0 Å². The molecule has 0 aromatic heterocycles. The average Bonchev–Trinajstić information content (AvgIpc) is 2.50. The lowest BCUT2D eigenvalue weighted by Crippen LogP contribution is -2.06. The van der Waals surface area contributed by atoms with E-state index in [0.717, 1.165) is 28.8 Å². The second-order valence-electron chi connectivity index (χ2n) is 4.67. The Balaban J connectivity index is 1.71. The van der Waals surface area contributed by atoms with Crippen molar-refractivity contribution in [3.8, 4) is 11.5 Å². The van der Waals surface area contributed by atoms with Gasteiger partial charge >= 0.3 is 0 Å². The third-order valence-corrected chi connectivity index (χ3v) is 3.61. The van der Waals surface area contributed by atoms with E-state index in [9.17, 15) is 0 Å². The Morgan fingerprint density at radius 3 is 2.43 bits per heavy atom. The molecule has 2 N–H and O–H groups in total. The highest BCUT2D eigenvalue weighted by molar-refractivity contribution is 9.10. The summed E-state index contributed by atoms with van der Waals surface area (Å²) in [7, 11) is 0. The van der Waals surface area contributed by atoms with E-state index in [1.165, 1.54) is 5.56 Å². The normalized spacial score (nSPS) is 10.4. The maximum atomic E-state index is 5.75. The molecule has 112 valence electrons. The number of ether oxygens (including phenoxy) is 2. The van der Waals surface area contributed by atoms with Crippen molar-refractivity contribution in [1.82, 2.24) is 0 Å². The van der Waals surface area contributed by atoms with E-state index in [0.29, 0.717) is 19.8 Å². The van der Waals surface area contributed by atoms with Crippen LogP contribution in [-0.2, 0) is 6.42 Å². The van der Waals surface area contributed by atoms with Crippen LogP contribution in [0.15, 0.2) is 53.0 Å². The molecule has 4 heteroatoms. The second-order valence-corrected chi connectivity index (χ2v) is 5.52. The highest BCUT2D eigenvalue weighted by atomic mass is 79.9. The Bertz CT molecular complexity index is 546. The SMILES string of the molecule is NCCc1ccc(OCCCOc2ccccc2)c(Br)c1. The van der Waals surface area contributed by atoms with Crippen molar-refractivity contribution in [2.75, 3.05) is 19.8 Å². The van der Waals surface area contributed by atoms with Gasteiger partial charge in [-0.1, -0.05) is 24.3 Å². The van der Waals surface area contributed by atoms with E-state index in [2.05, 4.69) is 22.0 Å². The van der Waals surface area contributed by atoms with Crippen molar-refractivity contribution in [3.05, 3.63) is 58.6 Å². The van der Waals surface area contributed by atoms with E-state index in [-0.39, 0.29) is 0 Å². The zero-order valence-electron chi connectivity index (χ0n) is 11.9. The van der Waals surface area contributed by atoms with Crippen LogP contribution in [0.5, 0.6) is 11.5 Å². The summed E-state index contributed by atoms with van der Waals surface area (Å²) in [5.41, 5.74) is 6.76. The lowest BCUT2D eigenvalue weighted by Gasteiger charge is -2.10. The topological polar surface area (TPSA) is 44.5 Å². The molecule has 0 atom stereocenters. The fraction of sp³-hybridized carbons (Fsp3) is 0.294. The maximum Gasteiger partial charge on any atom is 0.133 e. The quantitative estimate of drug-likeness (QED) is 0.737. The van der Waals surface area contributed by atoms with Gasteiger partial charge < -0.3 is 15.2 Å². The van der Waals surface area contributed by atoms with Gasteiger partial charge in [0.1, 0.15) is 11.5 Å². The lowest BCUT2D eigenvalue weighted by atomic mass is 10.1. The molecule has 0 aliphatic rings. The zero-order chi connectivity index (χ0) is 14.9. The van der Waals surface area contributed by atoms with Gasteiger partial charge in [-0.15, -0.1) is 0 Å². The highest BCUT2D eigenvalue weighted by Gasteiger charge is 2.02. The molecule has 0 heterocycles. The van der Waals surface area contributed by atoms with Crippen LogP contribution in [0.4, 0.5) is 0 Å². The molecule has 0 spiro atoms. The van der Waals surface area contributed by atoms with Gasteiger partial charge in [0.05, 0.1) is 17.7 Å². The van der Waals surface area contributed by atoms with Gasteiger partial charge in [0.25, 0.3) is 0 Å². The number of halogens is 1. The number of hydrogen-bond donors (Lipinski definition) is 1. The monoisotopic (exact) mass is 349 g/mol. The van der Waals surface area contributed by atoms with Crippen LogP contribution in [0.2, 0.25) is 0 Å². The molecule has 2 aromatic carbocycles. The summed E-state index contributed by atoms with van der Waals surface area (Å²) >= 11 is 3.53. The summed E-state index contributed by atoms with van der Waals surface area (Å²) < 4.78 is 12.3. The van der Waals surface area contributed by atoms with Gasteiger partial charge in [0, 0.05) is 6.42 Å². The summed E-state index contributed by atoms with van der Waals surface area (Å²) in [6.45, 7) is 1.93. The molecule has 0 radical (unpaired) electrons. The summed E-state index contributed by atoms with van der Waals surface area (Å²) in [4.78, 5) is 0. The predicted octanol–water partition coefficient (Wildman–Crippen LogP) is 3.80. The van der Waals surface area contributed by atoms with Crippen LogP contribution < -0.4 is 15.2 Å². The highest BCUT2D eigenvalue weighted by Crippen LogP contribution is 2.26. The smallest absolute Gasteiger partial charge is 0.133 e. The van der Waals surface area contributed by atoms with Crippen molar-refractivity contribution in [2.45, 2.75) is 12.8 Å². The van der Waals surface area contributed by atoms with Crippen molar-refractivity contribution in [1.29, 1.82) is 0 Å². The summed E-state index contributed by atoms with van der Waals surface area (Å²) in [6.07, 6.45) is 1.72. The first kappa shape index (κ1) is 15.9. The maximum absolute atomic E-state index is 5.75. The van der Waals surface area contributed by atoms with Gasteiger partial charge in [0.2, 0.25) is 0 Å². The summed E-state index contributed by atoms with van der Waals surface area (Å²) in [5, 5.41) is 0. The Morgan fingerprint density at radius 2 is 1.71 bits per heavy atom. The summed E-state index contributed by atoms with van der Waals surface area (Å²) in [5.74, 6) is 1.75. The molecule has 0 aliphatic heterocycles. The first-order valence-corrected chi connectivity index (χ1v) is 7.88. The fourth-order valence-electron chi connectivity index (χ4n) is 1.93. The molecule has 2 rings (SSSR count). The minimum absolute atomic E-state index is 0.627. The van der Waals surface area contributed by atoms with Gasteiger partial charge in [-0.2, -0.15) is 0 Å². The molecule has 21 heavy (non-hydrogen) atoms. The molecular weight excluding hydrogens is 330 g/mol. The predicted molar refractivity (Wildman–Crippen MR) is 88.9 cm³/mol. The lowest BCUT2D eigenvalue weighted by molar-refractivity contribution is 0.246. The van der Waals surface area contributed by atoms with Crippen LogP contribution in [0, 0.1) is 0 Å². The molecule has 2 aromatic rings. The number of para-hydroxylation sites is 1. The largest absolute Gasteiger partial charge is 0.493 e. The standard InChI is InChI=1S/C17H20BrNO2/c18-16-13-14(9-10-19)7-8-17(16)21-12-4-11-20-15-5-2-1-3-6-15/h1-3,5-8,13H,4,9-12,19H2. The first-order valence-electron chi connectivity index (χ1n) is 7.09. The minimum atomic E-state index is 0.627. The van der Waals surface area contributed by atoms with Gasteiger partial charge in [-0.25, -0.2) is 0 Å². The molecule has 0 unspecified atom stereocenters. The number of hydrogen-bond acceptors (Lipinski definition) is 3. The van der Waals surface area contributed by atoms with E-state index >= 15 is 0 Å². The van der Waals surface area contributed by atoms with E-state index in [1.54, 1.807) is 0 Å². The van der Waals surface area contributed by atoms with E-state index in [4.69, 9.17) is 15.2 Å². The van der Waals surface area contributed by atoms with Crippen LogP contribution in [0.25, 0.3) is 0 Å². The van der Waals surface area contributed by atoms with Crippen LogP contribution in [0.3, 0.4) is 0 Å². The van der Waals surface area contributed by atoms with E-state index < -0.39 is 0 Å². The Labute approximate surface area is 134 Å². The van der Waals surface area contributed by atoms with Gasteiger partial charge in [-0.05, 0) is 58.7 Å². The number of benzene rings is 2. The number of nitrogens with two attached hydrogens (primary N) is 1. The Morgan fingerprint density at radius 1 is 0.952 bits per heavy atom. The molecule has 0 bridgehead atoms. The third-order valence-electron chi connectivity index (χ3n) is 2.99. The van der Waals surface area contributed by atoms with Gasteiger partial charge in [0.15, 0.2) is 0 Å². The van der Waals surface area contributed by atoms with Crippen molar-refractivity contribution in [2.24, 2.45) is 5.73 Å². The van der Waals surface area contributed by atoms with Crippen molar-refractivity contribution in [3.63, 3.8) is 0 Å². The van der Waals surface area contributed by atoms with Crippen molar-refractivity contribution < 1.29 is 9.47 Å². The molecule has 0 aliphatic carbocycles. The van der Waals surface area contributed by atoms with Crippen molar-refractivity contribution >= 4 is 15.9 Å². The Kier molecular flexibility index (Phi) is 6.57. The first-order chi connectivity index (χ1) is 10.3. The van der Waals surface area contributed by atoms with E-state index in [1.807, 2.05) is 42.5 Å². The third kappa shape index (κ3) is 5.40. The molecule has 0 saturated carbocycles. The molecule has 0 fully saturated rings. The van der Waals surface area contributed by atoms with Crippen LogP contribution in [-0.4, -0.2) is 19.8 Å². The Hall–Kier alpha value is -1.52. The fourth-order valence-corrected chi connectivity index (χ4v) is 2.47. The van der Waals surface area contributed by atoms with Crippen LogP contribution in [0.1, 0.15) is 12.0 Å². The molecule has 0 amide bonds. The summed E-state index contributed by atoms with van der Waals surface area (Å²) in [6, 6.07) is 15.9. The molecule has 0 saturated heterocycles. The van der Waals surface area contributed by atoms with Crippen LogP contribution >= 0.6 is 15.9 Å².